The van der Waals surface area contributed by atoms with E-state index in [1.807, 2.05) is 69.3 Å². The van der Waals surface area contributed by atoms with E-state index in [0.29, 0.717) is 23.1 Å². The minimum absolute atomic E-state index is 0.0889. The number of nitrogens with zero attached hydrogens (tertiary/aromatic N) is 3. The van der Waals surface area contributed by atoms with Crippen molar-refractivity contribution in [2.45, 2.75) is 53.2 Å². The van der Waals surface area contributed by atoms with Crippen LogP contribution in [0.4, 0.5) is 11.4 Å². The van der Waals surface area contributed by atoms with Gasteiger partial charge >= 0.3 is 0 Å². The van der Waals surface area contributed by atoms with Gasteiger partial charge in [-0.1, -0.05) is 26.8 Å². The van der Waals surface area contributed by atoms with Crippen LogP contribution in [0, 0.1) is 19.3 Å². The molecule has 0 spiro atoms. The highest BCUT2D eigenvalue weighted by atomic mass is 32.1. The first kappa shape index (κ1) is 27.5. The van der Waals surface area contributed by atoms with Crippen LogP contribution >= 0.6 is 12.2 Å². The fourth-order valence-electron chi connectivity index (χ4n) is 5.12. The Balaban J connectivity index is 1.59. The van der Waals surface area contributed by atoms with Crippen molar-refractivity contribution in [3.05, 3.63) is 95.5 Å². The predicted molar refractivity (Wildman–Crippen MR) is 161 cm³/mol. The minimum atomic E-state index is -0.538. The highest BCUT2D eigenvalue weighted by Gasteiger charge is 2.42. The molecule has 9 heteroatoms. The molecule has 0 radical (unpaired) electrons. The summed E-state index contributed by atoms with van der Waals surface area (Å²) in [5, 5.41) is 7.11. The number of pyridine rings is 1. The quantitative estimate of drug-likeness (QED) is 0.258. The number of thiocarbonyl (C=S) groups is 1. The third-order valence-corrected chi connectivity index (χ3v) is 7.63. The van der Waals surface area contributed by atoms with Gasteiger partial charge < -0.3 is 29.3 Å². The van der Waals surface area contributed by atoms with Crippen LogP contribution in [0.25, 0.3) is 0 Å². The van der Waals surface area contributed by atoms with Crippen molar-refractivity contribution >= 4 is 34.6 Å². The number of carbonyl (C=O) groups is 1. The van der Waals surface area contributed by atoms with Crippen LogP contribution in [0.15, 0.2) is 71.5 Å². The van der Waals surface area contributed by atoms with Crippen molar-refractivity contribution in [2.24, 2.45) is 5.41 Å². The molecule has 5 rings (SSSR count). The molecule has 2 atom stereocenters. The molecule has 2 unspecified atom stereocenters. The Morgan fingerprint density at radius 1 is 1.15 bits per heavy atom. The largest absolute Gasteiger partial charge is 0.494 e. The van der Waals surface area contributed by atoms with Gasteiger partial charge in [-0.25, -0.2) is 0 Å². The Morgan fingerprint density at radius 3 is 2.60 bits per heavy atom. The van der Waals surface area contributed by atoms with E-state index < -0.39 is 5.41 Å². The van der Waals surface area contributed by atoms with Gasteiger partial charge in [0, 0.05) is 34.8 Å². The van der Waals surface area contributed by atoms with Crippen LogP contribution in [0.2, 0.25) is 0 Å². The molecule has 208 valence electrons. The van der Waals surface area contributed by atoms with Gasteiger partial charge in [0.1, 0.15) is 11.5 Å². The van der Waals surface area contributed by atoms with Crippen molar-refractivity contribution in [1.82, 2.24) is 14.9 Å². The summed E-state index contributed by atoms with van der Waals surface area (Å²) in [6.45, 7) is 10.5. The number of amides is 1. The predicted octanol–water partition coefficient (Wildman–Crippen LogP) is 6.31. The number of aryl methyl sites for hydroxylation is 1. The molecule has 0 bridgehead atoms. The van der Waals surface area contributed by atoms with Gasteiger partial charge in [0.05, 0.1) is 43.4 Å². The van der Waals surface area contributed by atoms with Crippen LogP contribution in [0.3, 0.4) is 0 Å². The van der Waals surface area contributed by atoms with E-state index in [9.17, 15) is 4.79 Å². The third-order valence-electron chi connectivity index (χ3n) is 7.32. The smallest absolute Gasteiger partial charge is 0.229 e. The molecule has 1 fully saturated rings. The Labute approximate surface area is 240 Å². The number of carbonyl (C=O) groups excluding carboxylic acids is 1. The van der Waals surface area contributed by atoms with Crippen molar-refractivity contribution in [2.75, 3.05) is 17.3 Å². The maximum atomic E-state index is 12.7. The van der Waals surface area contributed by atoms with Gasteiger partial charge in [0.15, 0.2) is 5.11 Å². The lowest BCUT2D eigenvalue weighted by Crippen LogP contribution is -2.30. The molecule has 4 heterocycles. The zero-order valence-electron chi connectivity index (χ0n) is 23.7. The Bertz CT molecular complexity index is 1520. The summed E-state index contributed by atoms with van der Waals surface area (Å²) in [4.78, 5) is 19.5. The summed E-state index contributed by atoms with van der Waals surface area (Å²) in [6.07, 6.45) is 3.50. The summed E-state index contributed by atoms with van der Waals surface area (Å²) in [5.41, 5.74) is 5.20. The van der Waals surface area contributed by atoms with E-state index in [0.717, 1.165) is 34.1 Å². The van der Waals surface area contributed by atoms with Crippen LogP contribution in [0.1, 0.15) is 61.3 Å². The Morgan fingerprint density at radius 2 is 1.95 bits per heavy atom. The average molecular weight is 558 g/mol. The van der Waals surface area contributed by atoms with Gasteiger partial charge in [-0.15, -0.1) is 0 Å². The van der Waals surface area contributed by atoms with Gasteiger partial charge in [0.25, 0.3) is 0 Å². The summed E-state index contributed by atoms with van der Waals surface area (Å²) < 4.78 is 13.6. The van der Waals surface area contributed by atoms with E-state index in [1.54, 1.807) is 19.6 Å². The molecule has 2 N–H and O–H groups in total. The van der Waals surface area contributed by atoms with Crippen molar-refractivity contribution in [1.29, 1.82) is 0 Å². The SMILES string of the molecule is COc1cc(N2C(=S)NC(c3ccccn3)C2c2cc(C)n(Cc3ccco3)c2C)ccc1NC(=O)C(C)(C)C. The Hall–Kier alpha value is -4.11. The van der Waals surface area contributed by atoms with Gasteiger partial charge in [-0.2, -0.15) is 0 Å². The third kappa shape index (κ3) is 5.21. The standard InChI is InChI=1S/C31H35N5O3S/c1-19-16-23(20(2)35(19)18-22-10-9-15-39-22)28-27(25-11-7-8-14-32-25)34-30(40)36(28)21-12-13-24(26(17-21)38-6)33-29(37)31(3,4)5/h7-17,27-28H,18H2,1-6H3,(H,33,37)(H,34,40). The average Bonchev–Trinajstić information content (AvgIpc) is 3.63. The molecule has 8 nitrogen and oxygen atoms in total. The lowest BCUT2D eigenvalue weighted by molar-refractivity contribution is -0.123. The number of ether oxygens (including phenoxy) is 1. The molecule has 1 amide bonds. The molecule has 1 aromatic carbocycles. The van der Waals surface area contributed by atoms with Crippen molar-refractivity contribution < 1.29 is 13.9 Å². The van der Waals surface area contributed by atoms with E-state index in [2.05, 4.69) is 45.0 Å². The van der Waals surface area contributed by atoms with E-state index >= 15 is 0 Å². The first-order chi connectivity index (χ1) is 19.1. The number of rotatable bonds is 7. The molecule has 40 heavy (non-hydrogen) atoms. The fourth-order valence-corrected chi connectivity index (χ4v) is 5.47. The van der Waals surface area contributed by atoms with Gasteiger partial charge in [0.2, 0.25) is 5.91 Å². The number of hydrogen-bond donors (Lipinski definition) is 2. The topological polar surface area (TPSA) is 84.6 Å². The molecular formula is C31H35N5O3S. The molecule has 1 saturated heterocycles. The maximum absolute atomic E-state index is 12.7. The highest BCUT2D eigenvalue weighted by Crippen LogP contribution is 2.45. The lowest BCUT2D eigenvalue weighted by atomic mass is 9.95. The number of methoxy groups -OCH3 is 1. The summed E-state index contributed by atoms with van der Waals surface area (Å²) >= 11 is 5.94. The molecular weight excluding hydrogens is 522 g/mol. The van der Waals surface area contributed by atoms with E-state index in [4.69, 9.17) is 21.4 Å². The van der Waals surface area contributed by atoms with Gasteiger partial charge in [-0.05, 0) is 74.1 Å². The van der Waals surface area contributed by atoms with Crippen LogP contribution in [-0.4, -0.2) is 27.7 Å². The normalized spacial score (nSPS) is 17.1. The van der Waals surface area contributed by atoms with Crippen molar-refractivity contribution in [3.8, 4) is 5.75 Å². The number of nitrogens with one attached hydrogen (secondary N) is 2. The summed E-state index contributed by atoms with van der Waals surface area (Å²) in [6, 6.07) is 17.4. The molecule has 1 aliphatic heterocycles. The van der Waals surface area contributed by atoms with Gasteiger partial charge in [-0.3, -0.25) is 9.78 Å². The molecule has 3 aromatic heterocycles. The van der Waals surface area contributed by atoms with Crippen LogP contribution in [0.5, 0.6) is 5.75 Å². The maximum Gasteiger partial charge on any atom is 0.229 e. The summed E-state index contributed by atoms with van der Waals surface area (Å²) in [7, 11) is 1.60. The fraction of sp³-hybridized carbons (Fsp3) is 0.323. The zero-order valence-corrected chi connectivity index (χ0v) is 24.5. The number of benzene rings is 1. The number of aromatic nitrogens is 2. The first-order valence-electron chi connectivity index (χ1n) is 13.3. The van der Waals surface area contributed by atoms with Crippen LogP contribution in [-0.2, 0) is 11.3 Å². The number of furan rings is 1. The van der Waals surface area contributed by atoms with E-state index in [-0.39, 0.29) is 18.0 Å². The second-order valence-electron chi connectivity index (χ2n) is 11.1. The molecule has 0 saturated carbocycles. The minimum Gasteiger partial charge on any atom is -0.494 e. The highest BCUT2D eigenvalue weighted by molar-refractivity contribution is 7.80. The molecule has 0 aliphatic carbocycles. The second-order valence-corrected chi connectivity index (χ2v) is 11.5. The molecule has 4 aromatic rings. The molecule has 1 aliphatic rings. The number of anilines is 2. The zero-order chi connectivity index (χ0) is 28.6. The van der Waals surface area contributed by atoms with E-state index in [1.165, 1.54) is 0 Å². The lowest BCUT2D eigenvalue weighted by Gasteiger charge is -2.29. The monoisotopic (exact) mass is 557 g/mol. The number of hydrogen-bond acceptors (Lipinski definition) is 5. The second kappa shape index (κ2) is 10.8. The summed E-state index contributed by atoms with van der Waals surface area (Å²) in [5.74, 6) is 1.36. The van der Waals surface area contributed by atoms with Crippen molar-refractivity contribution in [3.63, 3.8) is 0 Å². The Kier molecular flexibility index (Phi) is 7.42. The first-order valence-corrected chi connectivity index (χ1v) is 13.7. The van der Waals surface area contributed by atoms with Crippen LogP contribution < -0.4 is 20.3 Å².